The summed E-state index contributed by atoms with van der Waals surface area (Å²) >= 11 is 8.02. The second-order valence-electron chi connectivity index (χ2n) is 2.98. The molecule has 1 N–H and O–H groups in total. The van der Waals surface area contributed by atoms with Gasteiger partial charge in [0.1, 0.15) is 0 Å². The van der Waals surface area contributed by atoms with E-state index in [1.54, 1.807) is 11.0 Å². The molecule has 0 spiro atoms. The Kier molecular flexibility index (Phi) is 2.83. The van der Waals surface area contributed by atoms with Crippen molar-refractivity contribution in [2.45, 2.75) is 0 Å². The number of anilines is 1. The first kappa shape index (κ1) is 10.0. The average molecular weight is 323 g/mol. The lowest BCUT2D eigenvalue weighted by Gasteiger charge is -2.15. The van der Waals surface area contributed by atoms with Gasteiger partial charge in [-0.2, -0.15) is 0 Å². The fourth-order valence-electron chi connectivity index (χ4n) is 1.40. The van der Waals surface area contributed by atoms with Gasteiger partial charge < -0.3 is 5.32 Å². The third-order valence-electron chi connectivity index (χ3n) is 2.06. The van der Waals surface area contributed by atoms with Gasteiger partial charge in [-0.25, -0.2) is 4.79 Å². The molecular formula is C9H8ClIN2O. The van der Waals surface area contributed by atoms with Gasteiger partial charge in [-0.1, -0.05) is 11.6 Å². The number of nitrogens with zero attached hydrogens (tertiary/aromatic N) is 1. The van der Waals surface area contributed by atoms with Crippen LogP contribution in [0.4, 0.5) is 10.5 Å². The maximum atomic E-state index is 11.4. The van der Waals surface area contributed by atoms with E-state index in [1.165, 1.54) is 0 Å². The molecule has 1 aliphatic heterocycles. The molecule has 74 valence electrons. The molecule has 0 unspecified atom stereocenters. The van der Waals surface area contributed by atoms with Crippen molar-refractivity contribution in [2.24, 2.45) is 0 Å². The van der Waals surface area contributed by atoms with Crippen molar-refractivity contribution < 1.29 is 4.79 Å². The Morgan fingerprint density at radius 1 is 1.50 bits per heavy atom. The van der Waals surface area contributed by atoms with E-state index in [-0.39, 0.29) is 6.03 Å². The SMILES string of the molecule is O=C1NCCN1c1ccc(Cl)cc1I. The third kappa shape index (κ3) is 1.81. The summed E-state index contributed by atoms with van der Waals surface area (Å²) in [5.74, 6) is 0. The highest BCUT2D eigenvalue weighted by molar-refractivity contribution is 14.1. The zero-order valence-corrected chi connectivity index (χ0v) is 10.2. The van der Waals surface area contributed by atoms with Crippen LogP contribution >= 0.6 is 34.2 Å². The molecule has 0 aromatic heterocycles. The quantitative estimate of drug-likeness (QED) is 0.792. The van der Waals surface area contributed by atoms with E-state index in [4.69, 9.17) is 11.6 Å². The van der Waals surface area contributed by atoms with Gasteiger partial charge in [0.05, 0.1) is 5.69 Å². The molecule has 2 amide bonds. The van der Waals surface area contributed by atoms with E-state index in [9.17, 15) is 4.79 Å². The first-order valence-electron chi connectivity index (χ1n) is 4.19. The van der Waals surface area contributed by atoms with Gasteiger partial charge in [0.25, 0.3) is 0 Å². The van der Waals surface area contributed by atoms with Crippen LogP contribution in [0.1, 0.15) is 0 Å². The normalized spacial score (nSPS) is 15.9. The number of rotatable bonds is 1. The number of amides is 2. The van der Waals surface area contributed by atoms with Crippen molar-refractivity contribution in [1.29, 1.82) is 0 Å². The first-order chi connectivity index (χ1) is 6.68. The molecule has 2 rings (SSSR count). The number of hydrogen-bond donors (Lipinski definition) is 1. The van der Waals surface area contributed by atoms with E-state index in [0.29, 0.717) is 11.6 Å². The number of carbonyl (C=O) groups is 1. The van der Waals surface area contributed by atoms with Gasteiger partial charge >= 0.3 is 6.03 Å². The molecule has 1 aromatic carbocycles. The second kappa shape index (κ2) is 3.94. The van der Waals surface area contributed by atoms with Crippen molar-refractivity contribution in [3.63, 3.8) is 0 Å². The number of hydrogen-bond acceptors (Lipinski definition) is 1. The Bertz CT molecular complexity index is 383. The summed E-state index contributed by atoms with van der Waals surface area (Å²) in [5.41, 5.74) is 0.921. The molecule has 1 heterocycles. The van der Waals surface area contributed by atoms with Crippen LogP contribution in [-0.2, 0) is 0 Å². The van der Waals surface area contributed by atoms with Crippen molar-refractivity contribution in [3.05, 3.63) is 26.8 Å². The Morgan fingerprint density at radius 3 is 2.86 bits per heavy atom. The lowest BCUT2D eigenvalue weighted by Crippen LogP contribution is -2.28. The van der Waals surface area contributed by atoms with E-state index < -0.39 is 0 Å². The molecule has 0 saturated carbocycles. The molecule has 0 atom stereocenters. The van der Waals surface area contributed by atoms with Crippen LogP contribution in [0.15, 0.2) is 18.2 Å². The Hall–Kier alpha value is -0.490. The molecule has 3 nitrogen and oxygen atoms in total. The zero-order chi connectivity index (χ0) is 10.1. The average Bonchev–Trinajstić information content (AvgIpc) is 2.52. The van der Waals surface area contributed by atoms with Crippen molar-refractivity contribution in [3.8, 4) is 0 Å². The highest BCUT2D eigenvalue weighted by Gasteiger charge is 2.22. The molecular weight excluding hydrogens is 314 g/mol. The summed E-state index contributed by atoms with van der Waals surface area (Å²) in [6.45, 7) is 1.42. The number of urea groups is 1. The van der Waals surface area contributed by atoms with E-state index >= 15 is 0 Å². The van der Waals surface area contributed by atoms with Crippen molar-refractivity contribution in [2.75, 3.05) is 18.0 Å². The van der Waals surface area contributed by atoms with Crippen LogP contribution in [0.5, 0.6) is 0 Å². The largest absolute Gasteiger partial charge is 0.336 e. The zero-order valence-electron chi connectivity index (χ0n) is 7.26. The lowest BCUT2D eigenvalue weighted by atomic mass is 10.3. The summed E-state index contributed by atoms with van der Waals surface area (Å²) in [5, 5.41) is 3.45. The van der Waals surface area contributed by atoms with Gasteiger partial charge in [0, 0.05) is 21.7 Å². The highest BCUT2D eigenvalue weighted by Crippen LogP contribution is 2.26. The lowest BCUT2D eigenvalue weighted by molar-refractivity contribution is 0.252. The third-order valence-corrected chi connectivity index (χ3v) is 3.16. The molecule has 1 aromatic rings. The van der Waals surface area contributed by atoms with Crippen LogP contribution in [0.25, 0.3) is 0 Å². The molecule has 14 heavy (non-hydrogen) atoms. The Labute approximate surface area is 101 Å². The molecule has 0 bridgehead atoms. The fourth-order valence-corrected chi connectivity index (χ4v) is 2.56. The standard InChI is InChI=1S/C9H8ClIN2O/c10-6-1-2-8(7(11)5-6)13-4-3-12-9(13)14/h1-2,5H,3-4H2,(H,12,14). The summed E-state index contributed by atoms with van der Waals surface area (Å²) in [4.78, 5) is 13.1. The number of benzene rings is 1. The molecule has 1 aliphatic rings. The number of nitrogens with one attached hydrogen (secondary N) is 1. The monoisotopic (exact) mass is 322 g/mol. The maximum Gasteiger partial charge on any atom is 0.322 e. The molecule has 1 saturated heterocycles. The summed E-state index contributed by atoms with van der Waals surface area (Å²) in [7, 11) is 0. The minimum atomic E-state index is -0.0368. The topological polar surface area (TPSA) is 32.3 Å². The number of halogens is 2. The van der Waals surface area contributed by atoms with Crippen molar-refractivity contribution in [1.82, 2.24) is 5.32 Å². The highest BCUT2D eigenvalue weighted by atomic mass is 127. The Morgan fingerprint density at radius 2 is 2.29 bits per heavy atom. The number of carbonyl (C=O) groups excluding carboxylic acids is 1. The Balaban J connectivity index is 2.36. The minimum Gasteiger partial charge on any atom is -0.336 e. The van der Waals surface area contributed by atoms with Crippen LogP contribution in [0.3, 0.4) is 0 Å². The summed E-state index contributed by atoms with van der Waals surface area (Å²) in [6.07, 6.45) is 0. The minimum absolute atomic E-state index is 0.0368. The van der Waals surface area contributed by atoms with Crippen LogP contribution in [0.2, 0.25) is 5.02 Å². The summed E-state index contributed by atoms with van der Waals surface area (Å²) in [6, 6.07) is 5.48. The molecule has 0 radical (unpaired) electrons. The van der Waals surface area contributed by atoms with Gasteiger partial charge in [-0.05, 0) is 40.8 Å². The predicted octanol–water partition coefficient (Wildman–Crippen LogP) is 2.47. The second-order valence-corrected chi connectivity index (χ2v) is 4.58. The van der Waals surface area contributed by atoms with Crippen LogP contribution in [0, 0.1) is 3.57 Å². The summed E-state index contributed by atoms with van der Waals surface area (Å²) < 4.78 is 0.993. The smallest absolute Gasteiger partial charge is 0.322 e. The first-order valence-corrected chi connectivity index (χ1v) is 5.64. The van der Waals surface area contributed by atoms with Gasteiger partial charge in [0.15, 0.2) is 0 Å². The fraction of sp³-hybridized carbons (Fsp3) is 0.222. The maximum absolute atomic E-state index is 11.4. The molecule has 1 fully saturated rings. The van der Waals surface area contributed by atoms with E-state index in [2.05, 4.69) is 27.9 Å². The van der Waals surface area contributed by atoms with Gasteiger partial charge in [-0.3, -0.25) is 4.90 Å². The van der Waals surface area contributed by atoms with Crippen LogP contribution in [-0.4, -0.2) is 19.1 Å². The van der Waals surface area contributed by atoms with Crippen molar-refractivity contribution >= 4 is 45.9 Å². The van der Waals surface area contributed by atoms with Crippen LogP contribution < -0.4 is 10.2 Å². The molecule has 0 aliphatic carbocycles. The van der Waals surface area contributed by atoms with Gasteiger partial charge in [0.2, 0.25) is 0 Å². The predicted molar refractivity (Wildman–Crippen MR) is 64.9 cm³/mol. The molecule has 5 heteroatoms. The van der Waals surface area contributed by atoms with E-state index in [0.717, 1.165) is 15.8 Å². The van der Waals surface area contributed by atoms with Gasteiger partial charge in [-0.15, -0.1) is 0 Å². The van der Waals surface area contributed by atoms with E-state index in [1.807, 2.05) is 12.1 Å².